The molecule has 5 aliphatic rings. The smallest absolute Gasteiger partial charge is 0.320 e. The average molecular weight is 466 g/mol. The molecule has 0 spiro atoms. The van der Waals surface area contributed by atoms with Gasteiger partial charge in [0, 0.05) is 35.5 Å². The second kappa shape index (κ2) is 7.90. The summed E-state index contributed by atoms with van der Waals surface area (Å²) in [6, 6.07) is 4.51. The lowest BCUT2D eigenvalue weighted by atomic mass is 9.79. The molecule has 0 radical (unpaired) electrons. The van der Waals surface area contributed by atoms with E-state index in [2.05, 4.69) is 15.7 Å². The first-order valence-corrected chi connectivity index (χ1v) is 12.0. The molecular weight excluding hydrogens is 438 g/mol. The standard InChI is InChI=1S/C24H27N5O5/c30-21(12-1-2-12)25-15-5-6-18-16(10-15)20(27-29(18)23(32)13-3-4-13)22(31)26-17-11-28-8-7-14(17)9-19(28)24(33)34/h5-6,10,12-14,17,19H,1-4,7-9,11H2,(H,25,30)(H,26,31)(H,33,34)/t14?,17-,19?/m1/s1. The molecule has 3 saturated heterocycles. The molecule has 2 saturated carbocycles. The Hall–Kier alpha value is -3.27. The molecule has 3 aliphatic heterocycles. The molecule has 2 amide bonds. The summed E-state index contributed by atoms with van der Waals surface area (Å²) in [4.78, 5) is 51.9. The van der Waals surface area contributed by atoms with Crippen LogP contribution in [0.2, 0.25) is 0 Å². The van der Waals surface area contributed by atoms with E-state index < -0.39 is 12.0 Å². The molecule has 3 unspecified atom stereocenters. The van der Waals surface area contributed by atoms with Gasteiger partial charge in [-0.2, -0.15) is 9.78 Å². The van der Waals surface area contributed by atoms with Gasteiger partial charge in [0.25, 0.3) is 11.8 Å². The minimum atomic E-state index is -0.821. The lowest BCUT2D eigenvalue weighted by Crippen LogP contribution is -2.62. The number of carbonyl (C=O) groups is 4. The molecule has 7 rings (SSSR count). The molecule has 34 heavy (non-hydrogen) atoms. The lowest BCUT2D eigenvalue weighted by molar-refractivity contribution is -0.148. The Morgan fingerprint density at radius 2 is 1.79 bits per heavy atom. The van der Waals surface area contributed by atoms with Crippen LogP contribution in [0.4, 0.5) is 5.69 Å². The molecule has 5 fully saturated rings. The van der Waals surface area contributed by atoms with E-state index in [0.29, 0.717) is 36.1 Å². The first-order chi connectivity index (χ1) is 16.4. The summed E-state index contributed by atoms with van der Waals surface area (Å²) < 4.78 is 1.32. The highest BCUT2D eigenvalue weighted by atomic mass is 16.4. The second-order valence-corrected chi connectivity index (χ2v) is 10.1. The summed E-state index contributed by atoms with van der Waals surface area (Å²) >= 11 is 0. The van der Waals surface area contributed by atoms with Crippen molar-refractivity contribution in [3.05, 3.63) is 23.9 Å². The van der Waals surface area contributed by atoms with Gasteiger partial charge < -0.3 is 15.7 Å². The fourth-order valence-corrected chi connectivity index (χ4v) is 5.31. The highest BCUT2D eigenvalue weighted by Gasteiger charge is 2.44. The lowest BCUT2D eigenvalue weighted by Gasteiger charge is -2.48. The zero-order valence-corrected chi connectivity index (χ0v) is 18.7. The monoisotopic (exact) mass is 465 g/mol. The van der Waals surface area contributed by atoms with Crippen molar-refractivity contribution in [3.8, 4) is 0 Å². The Balaban J connectivity index is 1.29. The molecule has 10 heteroatoms. The van der Waals surface area contributed by atoms with Gasteiger partial charge in [0.1, 0.15) is 6.04 Å². The summed E-state index contributed by atoms with van der Waals surface area (Å²) in [6.45, 7) is 1.20. The number of carboxylic acid groups (broad SMARTS) is 1. The zero-order chi connectivity index (χ0) is 23.6. The van der Waals surface area contributed by atoms with Crippen LogP contribution in [0.5, 0.6) is 0 Å². The molecule has 1 aromatic carbocycles. The van der Waals surface area contributed by atoms with E-state index in [1.165, 1.54) is 4.68 Å². The number of piperidine rings is 3. The van der Waals surface area contributed by atoms with Gasteiger partial charge in [-0.05, 0) is 69.2 Å². The molecule has 4 heterocycles. The van der Waals surface area contributed by atoms with Crippen molar-refractivity contribution in [1.82, 2.24) is 20.0 Å². The first-order valence-electron chi connectivity index (χ1n) is 12.0. The number of benzene rings is 1. The van der Waals surface area contributed by atoms with Gasteiger partial charge in [-0.25, -0.2) is 0 Å². The molecule has 4 atom stereocenters. The van der Waals surface area contributed by atoms with Gasteiger partial charge in [0.15, 0.2) is 5.69 Å². The molecule has 10 nitrogen and oxygen atoms in total. The Kier molecular flexibility index (Phi) is 4.94. The Labute approximate surface area is 195 Å². The maximum Gasteiger partial charge on any atom is 0.320 e. The summed E-state index contributed by atoms with van der Waals surface area (Å²) in [5.74, 6) is -1.29. The largest absolute Gasteiger partial charge is 0.480 e. The number of amides is 2. The third kappa shape index (κ3) is 3.75. The van der Waals surface area contributed by atoms with Crippen LogP contribution < -0.4 is 10.6 Å². The molecule has 2 aromatic rings. The third-order valence-electron chi connectivity index (χ3n) is 7.60. The summed E-state index contributed by atoms with van der Waals surface area (Å²) in [6.07, 6.45) is 4.76. The number of anilines is 1. The number of hydrogen-bond acceptors (Lipinski definition) is 6. The molecule has 3 N–H and O–H groups in total. The van der Waals surface area contributed by atoms with E-state index in [1.54, 1.807) is 18.2 Å². The van der Waals surface area contributed by atoms with Gasteiger partial charge in [0.2, 0.25) is 5.91 Å². The summed E-state index contributed by atoms with van der Waals surface area (Å²) in [5, 5.41) is 20.3. The molecule has 1 aromatic heterocycles. The van der Waals surface area contributed by atoms with Crippen LogP contribution in [0.25, 0.3) is 10.9 Å². The van der Waals surface area contributed by atoms with Gasteiger partial charge in [-0.15, -0.1) is 0 Å². The van der Waals surface area contributed by atoms with E-state index >= 15 is 0 Å². The summed E-state index contributed by atoms with van der Waals surface area (Å²) in [7, 11) is 0. The fourth-order valence-electron chi connectivity index (χ4n) is 5.31. The van der Waals surface area contributed by atoms with Crippen LogP contribution in [0, 0.1) is 17.8 Å². The van der Waals surface area contributed by atoms with Crippen LogP contribution in [0.1, 0.15) is 53.8 Å². The van der Waals surface area contributed by atoms with Crippen LogP contribution in [0.15, 0.2) is 18.2 Å². The van der Waals surface area contributed by atoms with Gasteiger partial charge >= 0.3 is 5.97 Å². The van der Waals surface area contributed by atoms with Crippen molar-refractivity contribution in [2.45, 2.75) is 50.6 Å². The van der Waals surface area contributed by atoms with E-state index in [1.807, 2.05) is 4.90 Å². The van der Waals surface area contributed by atoms with Gasteiger partial charge in [0.05, 0.1) is 5.52 Å². The van der Waals surface area contributed by atoms with E-state index in [9.17, 15) is 24.3 Å². The zero-order valence-electron chi connectivity index (χ0n) is 18.7. The SMILES string of the molecule is O=C(N[C@@H]1CN2CCC1CC2C(=O)O)c1nn(C(=O)C2CC2)c2ccc(NC(=O)C3CC3)cc12. The average Bonchev–Trinajstić information content (AvgIpc) is 3.74. The van der Waals surface area contributed by atoms with Crippen molar-refractivity contribution in [2.75, 3.05) is 18.4 Å². The van der Waals surface area contributed by atoms with Crippen molar-refractivity contribution in [3.63, 3.8) is 0 Å². The quantitative estimate of drug-likeness (QED) is 0.591. The minimum Gasteiger partial charge on any atom is -0.480 e. The summed E-state index contributed by atoms with van der Waals surface area (Å²) in [5.41, 5.74) is 1.27. The Morgan fingerprint density at radius 1 is 1.03 bits per heavy atom. The number of rotatable bonds is 6. The van der Waals surface area contributed by atoms with Gasteiger partial charge in [-0.1, -0.05) is 0 Å². The van der Waals surface area contributed by atoms with Crippen molar-refractivity contribution < 1.29 is 24.3 Å². The van der Waals surface area contributed by atoms with Crippen molar-refractivity contribution in [1.29, 1.82) is 0 Å². The predicted molar refractivity (Wildman–Crippen MR) is 121 cm³/mol. The number of nitrogens with zero attached hydrogens (tertiary/aromatic N) is 3. The van der Waals surface area contributed by atoms with Crippen LogP contribution in [-0.4, -0.2) is 68.7 Å². The second-order valence-electron chi connectivity index (χ2n) is 10.1. The number of hydrogen-bond donors (Lipinski definition) is 3. The number of fused-ring (bicyclic) bond motifs is 4. The highest BCUT2D eigenvalue weighted by molar-refractivity contribution is 6.09. The van der Waals surface area contributed by atoms with Crippen LogP contribution >= 0.6 is 0 Å². The van der Waals surface area contributed by atoms with Crippen molar-refractivity contribution in [2.24, 2.45) is 17.8 Å². The van der Waals surface area contributed by atoms with Crippen LogP contribution in [-0.2, 0) is 9.59 Å². The fraction of sp³-hybridized carbons (Fsp3) is 0.542. The normalized spacial score (nSPS) is 28.0. The Morgan fingerprint density at radius 3 is 2.44 bits per heavy atom. The van der Waals surface area contributed by atoms with Crippen LogP contribution in [0.3, 0.4) is 0 Å². The maximum atomic E-state index is 13.4. The maximum absolute atomic E-state index is 13.4. The molecule has 2 aliphatic carbocycles. The number of carboxylic acids is 1. The molecule has 2 bridgehead atoms. The number of nitrogens with one attached hydrogen (secondary N) is 2. The highest BCUT2D eigenvalue weighted by Crippen LogP contribution is 2.35. The third-order valence-corrected chi connectivity index (χ3v) is 7.60. The van der Waals surface area contributed by atoms with E-state index in [4.69, 9.17) is 0 Å². The molecular formula is C24H27N5O5. The topological polar surface area (TPSA) is 134 Å². The van der Waals surface area contributed by atoms with E-state index in [0.717, 1.165) is 32.1 Å². The Bertz CT molecular complexity index is 1210. The van der Waals surface area contributed by atoms with Crippen molar-refractivity contribution >= 4 is 40.3 Å². The number of aliphatic carboxylic acids is 1. The van der Waals surface area contributed by atoms with E-state index in [-0.39, 0.29) is 47.2 Å². The van der Waals surface area contributed by atoms with Gasteiger partial charge in [-0.3, -0.25) is 24.1 Å². The number of carbonyl (C=O) groups excluding carboxylic acids is 3. The first kappa shape index (κ1) is 21.3. The minimum absolute atomic E-state index is 0.0351. The predicted octanol–water partition coefficient (Wildman–Crippen LogP) is 1.71. The number of aromatic nitrogens is 2. The molecule has 178 valence electrons.